The number of ether oxygens (including phenoxy) is 2. The zero-order chi connectivity index (χ0) is 25.9. The van der Waals surface area contributed by atoms with Crippen molar-refractivity contribution in [2.45, 2.75) is 12.5 Å². The summed E-state index contributed by atoms with van der Waals surface area (Å²) in [6.45, 7) is 4.58. The maximum atomic E-state index is 13.5. The molecule has 2 aliphatic heterocycles. The molecule has 2 aromatic carbocycles. The fourth-order valence-corrected chi connectivity index (χ4v) is 4.69. The van der Waals surface area contributed by atoms with Crippen molar-refractivity contribution in [3.63, 3.8) is 0 Å². The first-order valence-corrected chi connectivity index (χ1v) is 12.2. The Kier molecular flexibility index (Phi) is 7.31. The largest absolute Gasteiger partial charge is 0.485 e. The lowest BCUT2D eigenvalue weighted by Crippen LogP contribution is -2.51. The van der Waals surface area contributed by atoms with Gasteiger partial charge in [0.2, 0.25) is 0 Å². The van der Waals surface area contributed by atoms with Gasteiger partial charge in [-0.3, -0.25) is 24.7 Å². The quantitative estimate of drug-likeness (QED) is 0.263. The number of esters is 1. The monoisotopic (exact) mass is 530 g/mol. The van der Waals surface area contributed by atoms with Crippen LogP contribution in [-0.2, 0) is 9.53 Å². The van der Waals surface area contributed by atoms with Crippen LogP contribution in [0.15, 0.2) is 36.7 Å². The first kappa shape index (κ1) is 25.1. The molecule has 1 atom stereocenters. The Morgan fingerprint density at radius 2 is 2.03 bits per heavy atom. The summed E-state index contributed by atoms with van der Waals surface area (Å²) in [6, 6.07) is 7.13. The fourth-order valence-electron chi connectivity index (χ4n) is 4.51. The topological polar surface area (TPSA) is 123 Å². The summed E-state index contributed by atoms with van der Waals surface area (Å²) in [5.41, 5.74) is 0.716. The van der Waals surface area contributed by atoms with Gasteiger partial charge in [0.05, 0.1) is 33.3 Å². The molecule has 2 fully saturated rings. The van der Waals surface area contributed by atoms with Crippen molar-refractivity contribution in [3.8, 4) is 5.75 Å². The molecule has 194 valence electrons. The molecular weight excluding hydrogens is 507 g/mol. The van der Waals surface area contributed by atoms with Crippen LogP contribution in [0.2, 0.25) is 5.02 Å². The van der Waals surface area contributed by atoms with E-state index in [4.69, 9.17) is 21.1 Å². The van der Waals surface area contributed by atoms with Gasteiger partial charge in [-0.25, -0.2) is 14.4 Å². The van der Waals surface area contributed by atoms with Crippen molar-refractivity contribution < 1.29 is 23.6 Å². The van der Waals surface area contributed by atoms with Crippen LogP contribution in [-0.4, -0.2) is 82.6 Å². The van der Waals surface area contributed by atoms with Gasteiger partial charge in [0, 0.05) is 50.5 Å². The molecule has 3 heterocycles. The summed E-state index contributed by atoms with van der Waals surface area (Å²) in [7, 11) is 0. The van der Waals surface area contributed by atoms with Gasteiger partial charge >= 0.3 is 11.7 Å². The lowest BCUT2D eigenvalue weighted by molar-refractivity contribution is -0.385. The second-order valence-corrected chi connectivity index (χ2v) is 9.24. The van der Waals surface area contributed by atoms with E-state index in [-0.39, 0.29) is 35.1 Å². The van der Waals surface area contributed by atoms with E-state index in [1.54, 1.807) is 0 Å². The number of aromatic nitrogens is 2. The normalized spacial score (nSPS) is 18.6. The third-order valence-corrected chi connectivity index (χ3v) is 6.81. The fraction of sp³-hybridized carbons (Fsp3) is 0.375. The molecule has 0 saturated carbocycles. The van der Waals surface area contributed by atoms with Gasteiger partial charge in [-0.15, -0.1) is 0 Å². The number of hydrogen-bond donors (Lipinski definition) is 1. The van der Waals surface area contributed by atoms with Gasteiger partial charge in [0.25, 0.3) is 0 Å². The third kappa shape index (κ3) is 5.71. The van der Waals surface area contributed by atoms with Gasteiger partial charge in [0.15, 0.2) is 5.75 Å². The summed E-state index contributed by atoms with van der Waals surface area (Å²) < 4.78 is 24.4. The van der Waals surface area contributed by atoms with E-state index in [1.807, 2.05) is 0 Å². The van der Waals surface area contributed by atoms with E-state index in [9.17, 15) is 19.3 Å². The van der Waals surface area contributed by atoms with Crippen molar-refractivity contribution in [2.75, 3.05) is 51.3 Å². The lowest BCUT2D eigenvalue weighted by Gasteiger charge is -2.36. The van der Waals surface area contributed by atoms with Crippen LogP contribution in [0.3, 0.4) is 0 Å². The Morgan fingerprint density at radius 1 is 1.22 bits per heavy atom. The van der Waals surface area contributed by atoms with E-state index < -0.39 is 10.7 Å². The summed E-state index contributed by atoms with van der Waals surface area (Å²) >= 11 is 5.86. The number of hydrogen-bond acceptors (Lipinski definition) is 10. The highest BCUT2D eigenvalue weighted by molar-refractivity contribution is 6.31. The third-order valence-electron chi connectivity index (χ3n) is 6.52. The number of halogens is 2. The molecule has 37 heavy (non-hydrogen) atoms. The van der Waals surface area contributed by atoms with Crippen LogP contribution < -0.4 is 10.1 Å². The first-order valence-electron chi connectivity index (χ1n) is 11.8. The Balaban J connectivity index is 1.25. The minimum Gasteiger partial charge on any atom is -0.485 e. The van der Waals surface area contributed by atoms with Crippen molar-refractivity contribution in [1.82, 2.24) is 19.8 Å². The Labute approximate surface area is 216 Å². The van der Waals surface area contributed by atoms with Crippen molar-refractivity contribution in [3.05, 3.63) is 57.6 Å². The number of nitro benzene ring substituents is 1. The van der Waals surface area contributed by atoms with Crippen molar-refractivity contribution in [2.24, 2.45) is 0 Å². The number of cyclic esters (lactones) is 1. The van der Waals surface area contributed by atoms with E-state index in [1.165, 1.54) is 36.7 Å². The molecule has 1 aromatic heterocycles. The van der Waals surface area contributed by atoms with Crippen LogP contribution >= 0.6 is 11.6 Å². The number of anilines is 2. The number of carbonyl (C=O) groups excluding carboxylic acids is 1. The van der Waals surface area contributed by atoms with Crippen LogP contribution in [0.1, 0.15) is 6.42 Å². The van der Waals surface area contributed by atoms with E-state index in [2.05, 4.69) is 25.1 Å². The predicted octanol–water partition coefficient (Wildman–Crippen LogP) is 3.39. The maximum absolute atomic E-state index is 13.5. The average molecular weight is 531 g/mol. The van der Waals surface area contributed by atoms with Gasteiger partial charge in [-0.1, -0.05) is 11.6 Å². The summed E-state index contributed by atoms with van der Waals surface area (Å²) in [5.74, 6) is -0.272. The predicted molar refractivity (Wildman–Crippen MR) is 134 cm³/mol. The second kappa shape index (κ2) is 10.8. The molecule has 1 N–H and O–H groups in total. The number of nitro groups is 1. The van der Waals surface area contributed by atoms with E-state index >= 15 is 0 Å². The molecule has 3 aromatic rings. The molecule has 2 aliphatic rings. The van der Waals surface area contributed by atoms with E-state index in [0.717, 1.165) is 26.2 Å². The molecule has 0 aliphatic carbocycles. The molecule has 1 unspecified atom stereocenters. The number of nitrogens with one attached hydrogen (secondary N) is 1. The molecule has 11 nitrogen and oxygen atoms in total. The Hall–Kier alpha value is -3.61. The summed E-state index contributed by atoms with van der Waals surface area (Å²) in [6.07, 6.45) is 1.76. The summed E-state index contributed by atoms with van der Waals surface area (Å²) in [5, 5.41) is 15.2. The zero-order valence-corrected chi connectivity index (χ0v) is 20.5. The standard InChI is InChI=1S/C24H24ClFN6O5/c25-18-9-15(1-2-19(18)26)29-24-17-11-21(32(34)35)22(12-20(17)27-14-28-24)36-8-7-30-3-5-31(6-4-30)16-10-23(33)37-13-16/h1-2,9,11-12,14,16H,3-8,10,13H2,(H,27,28,29). The molecule has 2 saturated heterocycles. The van der Waals surface area contributed by atoms with Gasteiger partial charge in [-0.2, -0.15) is 0 Å². The number of carbonyl (C=O) groups is 1. The minimum atomic E-state index is -0.557. The molecule has 0 radical (unpaired) electrons. The molecule has 0 bridgehead atoms. The smallest absolute Gasteiger partial charge is 0.311 e. The van der Waals surface area contributed by atoms with Crippen LogP contribution in [0, 0.1) is 15.9 Å². The van der Waals surface area contributed by atoms with Crippen LogP contribution in [0.25, 0.3) is 10.9 Å². The SMILES string of the molecule is O=C1CC(N2CCN(CCOc3cc4ncnc(Nc5ccc(F)c(Cl)c5)c4cc3[N+](=O)[O-])CC2)CO1. The van der Waals surface area contributed by atoms with Crippen LogP contribution in [0.5, 0.6) is 5.75 Å². The number of nitrogens with zero attached hydrogens (tertiary/aromatic N) is 5. The zero-order valence-electron chi connectivity index (χ0n) is 19.7. The molecular formula is C24H24ClFN6O5. The first-order chi connectivity index (χ1) is 17.9. The second-order valence-electron chi connectivity index (χ2n) is 8.84. The number of fused-ring (bicyclic) bond motifs is 1. The Bertz CT molecular complexity index is 1340. The Morgan fingerprint density at radius 3 is 2.73 bits per heavy atom. The highest BCUT2D eigenvalue weighted by atomic mass is 35.5. The highest BCUT2D eigenvalue weighted by Gasteiger charge is 2.31. The van der Waals surface area contributed by atoms with Crippen LogP contribution in [0.4, 0.5) is 21.6 Å². The molecule has 5 rings (SSSR count). The van der Waals surface area contributed by atoms with Gasteiger partial charge < -0.3 is 14.8 Å². The summed E-state index contributed by atoms with van der Waals surface area (Å²) in [4.78, 5) is 35.6. The number of benzene rings is 2. The number of rotatable bonds is 8. The van der Waals surface area contributed by atoms with Crippen molar-refractivity contribution >= 4 is 45.7 Å². The van der Waals surface area contributed by atoms with Crippen molar-refractivity contribution in [1.29, 1.82) is 0 Å². The molecule has 0 spiro atoms. The maximum Gasteiger partial charge on any atom is 0.311 e. The van der Waals surface area contributed by atoms with Gasteiger partial charge in [-0.05, 0) is 18.2 Å². The average Bonchev–Trinajstić information content (AvgIpc) is 3.32. The molecule has 0 amide bonds. The minimum absolute atomic E-state index is 0.0610. The highest BCUT2D eigenvalue weighted by Crippen LogP contribution is 2.35. The molecule has 13 heteroatoms. The lowest BCUT2D eigenvalue weighted by atomic mass is 10.2. The van der Waals surface area contributed by atoms with Gasteiger partial charge in [0.1, 0.15) is 31.2 Å². The number of piperazine rings is 1. The van der Waals surface area contributed by atoms with E-state index in [0.29, 0.717) is 42.0 Å².